The number of benzene rings is 2. The largest absolute Gasteiger partial charge is 0.493 e. The highest BCUT2D eigenvalue weighted by Gasteiger charge is 2.15. The molecule has 0 aromatic heterocycles. The van der Waals surface area contributed by atoms with Crippen LogP contribution in [0.25, 0.3) is 0 Å². The number of nitrogens with one attached hydrogen (secondary N) is 1. The molecule has 7 nitrogen and oxygen atoms in total. The highest BCUT2D eigenvalue weighted by atomic mass is 79.9. The van der Waals surface area contributed by atoms with Gasteiger partial charge in [-0.25, -0.2) is 4.39 Å². The topological polar surface area (TPSA) is 86.3 Å². The Balaban J connectivity index is 1.78. The third-order valence-electron chi connectivity index (χ3n) is 3.59. The van der Waals surface area contributed by atoms with Gasteiger partial charge in [0.15, 0.2) is 29.7 Å². The number of para-hydroxylation sites is 1. The molecule has 2 N–H and O–H groups in total. The number of methoxy groups -OCH3 is 2. The van der Waals surface area contributed by atoms with Gasteiger partial charge in [0, 0.05) is 11.0 Å². The van der Waals surface area contributed by atoms with Crippen molar-refractivity contribution < 1.29 is 33.2 Å². The van der Waals surface area contributed by atoms with Crippen molar-refractivity contribution >= 4 is 21.8 Å². The lowest BCUT2D eigenvalue weighted by Gasteiger charge is -2.17. The number of halogens is 2. The van der Waals surface area contributed by atoms with E-state index in [1.54, 1.807) is 24.3 Å². The zero-order valence-corrected chi connectivity index (χ0v) is 17.0. The van der Waals surface area contributed by atoms with Gasteiger partial charge in [0.1, 0.15) is 12.7 Å². The number of rotatable bonds is 10. The SMILES string of the molecule is COc1cccc(OC)c1OCC(O)CNC(=O)COc1ccc(Br)cc1F. The lowest BCUT2D eigenvalue weighted by Crippen LogP contribution is -2.37. The van der Waals surface area contributed by atoms with Crippen molar-refractivity contribution in [3.05, 3.63) is 46.7 Å². The molecule has 0 fully saturated rings. The maximum atomic E-state index is 13.6. The summed E-state index contributed by atoms with van der Waals surface area (Å²) in [7, 11) is 2.99. The Bertz CT molecular complexity index is 782. The molecule has 0 spiro atoms. The molecule has 0 saturated carbocycles. The van der Waals surface area contributed by atoms with Crippen LogP contribution in [-0.2, 0) is 4.79 Å². The van der Waals surface area contributed by atoms with Crippen molar-refractivity contribution in [3.63, 3.8) is 0 Å². The molecule has 1 atom stereocenters. The van der Waals surface area contributed by atoms with Gasteiger partial charge in [0.2, 0.25) is 5.75 Å². The molecule has 2 rings (SSSR count). The maximum Gasteiger partial charge on any atom is 0.258 e. The third-order valence-corrected chi connectivity index (χ3v) is 4.08. The summed E-state index contributed by atoms with van der Waals surface area (Å²) < 4.78 is 35.3. The van der Waals surface area contributed by atoms with E-state index in [1.165, 1.54) is 26.4 Å². The fourth-order valence-corrected chi connectivity index (χ4v) is 2.55. The van der Waals surface area contributed by atoms with E-state index < -0.39 is 17.8 Å². The van der Waals surface area contributed by atoms with Crippen LogP contribution in [0, 0.1) is 5.82 Å². The van der Waals surface area contributed by atoms with Crippen molar-refractivity contribution in [1.82, 2.24) is 5.32 Å². The molecule has 1 amide bonds. The van der Waals surface area contributed by atoms with Crippen molar-refractivity contribution in [2.24, 2.45) is 0 Å². The van der Waals surface area contributed by atoms with Gasteiger partial charge < -0.3 is 29.4 Å². The van der Waals surface area contributed by atoms with Gasteiger partial charge in [0.05, 0.1) is 14.2 Å². The van der Waals surface area contributed by atoms with Crippen molar-refractivity contribution in [2.45, 2.75) is 6.10 Å². The van der Waals surface area contributed by atoms with Crippen LogP contribution >= 0.6 is 15.9 Å². The van der Waals surface area contributed by atoms with E-state index in [1.807, 2.05) is 0 Å². The van der Waals surface area contributed by atoms with E-state index in [9.17, 15) is 14.3 Å². The minimum Gasteiger partial charge on any atom is -0.493 e. The Morgan fingerprint density at radius 3 is 2.43 bits per heavy atom. The number of ether oxygens (including phenoxy) is 4. The summed E-state index contributed by atoms with van der Waals surface area (Å²) in [5.41, 5.74) is 0. The molecule has 9 heteroatoms. The van der Waals surface area contributed by atoms with E-state index >= 15 is 0 Å². The minimum absolute atomic E-state index is 0.0366. The Morgan fingerprint density at radius 2 is 1.82 bits per heavy atom. The van der Waals surface area contributed by atoms with Crippen LogP contribution in [0.2, 0.25) is 0 Å². The standard InChI is InChI=1S/C19H21BrFNO6/c1-25-16-4-3-5-17(26-2)19(16)28-10-13(23)9-22-18(24)11-27-15-7-6-12(20)8-14(15)21/h3-8,13,23H,9-11H2,1-2H3,(H,22,24). The molecule has 2 aromatic rings. The molecule has 0 heterocycles. The summed E-state index contributed by atoms with van der Waals surface area (Å²) in [5.74, 6) is 0.149. The van der Waals surface area contributed by atoms with Crippen LogP contribution in [0.3, 0.4) is 0 Å². The van der Waals surface area contributed by atoms with Gasteiger partial charge >= 0.3 is 0 Å². The summed E-state index contributed by atoms with van der Waals surface area (Å²) in [4.78, 5) is 11.8. The number of hydrogen-bond acceptors (Lipinski definition) is 6. The lowest BCUT2D eigenvalue weighted by molar-refractivity contribution is -0.123. The number of aliphatic hydroxyl groups excluding tert-OH is 1. The summed E-state index contributed by atoms with van der Waals surface area (Å²) in [6.07, 6.45) is -0.983. The minimum atomic E-state index is -0.983. The molecule has 2 aromatic carbocycles. The molecule has 1 unspecified atom stereocenters. The first-order valence-electron chi connectivity index (χ1n) is 8.31. The van der Waals surface area contributed by atoms with Crippen molar-refractivity contribution in [2.75, 3.05) is 34.0 Å². The van der Waals surface area contributed by atoms with E-state index in [0.29, 0.717) is 21.7 Å². The molecule has 0 aliphatic carbocycles. The van der Waals surface area contributed by atoms with Crippen LogP contribution in [-0.4, -0.2) is 51.1 Å². The summed E-state index contributed by atoms with van der Waals surface area (Å²) in [5, 5.41) is 12.5. The van der Waals surface area contributed by atoms with E-state index in [0.717, 1.165) is 0 Å². The van der Waals surface area contributed by atoms with Crippen molar-refractivity contribution in [1.29, 1.82) is 0 Å². The van der Waals surface area contributed by atoms with E-state index in [-0.39, 0.29) is 25.5 Å². The number of aliphatic hydroxyl groups is 1. The number of carbonyl (C=O) groups excluding carboxylic acids is 1. The first kappa shape index (κ1) is 21.8. The smallest absolute Gasteiger partial charge is 0.258 e. The monoisotopic (exact) mass is 457 g/mol. The summed E-state index contributed by atoms with van der Waals surface area (Å²) in [6, 6.07) is 9.39. The van der Waals surface area contributed by atoms with Gasteiger partial charge in [-0.2, -0.15) is 0 Å². The zero-order valence-electron chi connectivity index (χ0n) is 15.4. The molecule has 28 heavy (non-hydrogen) atoms. The quantitative estimate of drug-likeness (QED) is 0.570. The third kappa shape index (κ3) is 6.28. The molecule has 0 bridgehead atoms. The molecular formula is C19H21BrFNO6. The van der Waals surface area contributed by atoms with Gasteiger partial charge in [-0.15, -0.1) is 0 Å². The Morgan fingerprint density at radius 1 is 1.14 bits per heavy atom. The lowest BCUT2D eigenvalue weighted by atomic mass is 10.3. The highest BCUT2D eigenvalue weighted by molar-refractivity contribution is 9.10. The van der Waals surface area contributed by atoms with Crippen molar-refractivity contribution in [3.8, 4) is 23.0 Å². The number of carbonyl (C=O) groups is 1. The molecule has 152 valence electrons. The Hall–Kier alpha value is -2.52. The Labute approximate surface area is 170 Å². The second-order valence-electron chi connectivity index (χ2n) is 5.62. The molecule has 0 aliphatic heterocycles. The van der Waals surface area contributed by atoms with Crippen LogP contribution in [0.15, 0.2) is 40.9 Å². The first-order valence-corrected chi connectivity index (χ1v) is 9.10. The van der Waals surface area contributed by atoms with E-state index in [2.05, 4.69) is 21.2 Å². The second-order valence-corrected chi connectivity index (χ2v) is 6.54. The fourth-order valence-electron chi connectivity index (χ4n) is 2.22. The van der Waals surface area contributed by atoms with E-state index in [4.69, 9.17) is 18.9 Å². The van der Waals surface area contributed by atoms with Gasteiger partial charge in [-0.3, -0.25) is 4.79 Å². The molecule has 0 aliphatic rings. The summed E-state index contributed by atoms with van der Waals surface area (Å²) in [6.45, 7) is -0.547. The average Bonchev–Trinajstić information content (AvgIpc) is 2.69. The Kier molecular flexibility index (Phi) is 8.34. The normalized spacial score (nSPS) is 11.5. The highest BCUT2D eigenvalue weighted by Crippen LogP contribution is 2.36. The second kappa shape index (κ2) is 10.7. The van der Waals surface area contributed by atoms with Crippen LogP contribution in [0.4, 0.5) is 4.39 Å². The van der Waals surface area contributed by atoms with Gasteiger partial charge in [-0.1, -0.05) is 22.0 Å². The predicted molar refractivity (Wildman–Crippen MR) is 104 cm³/mol. The average molecular weight is 458 g/mol. The summed E-state index contributed by atoms with van der Waals surface area (Å²) >= 11 is 3.14. The zero-order chi connectivity index (χ0) is 20.5. The van der Waals surface area contributed by atoms with Gasteiger partial charge in [-0.05, 0) is 30.3 Å². The first-order chi connectivity index (χ1) is 13.4. The molecular weight excluding hydrogens is 437 g/mol. The molecule has 0 radical (unpaired) electrons. The number of amides is 1. The van der Waals surface area contributed by atoms with Crippen LogP contribution < -0.4 is 24.3 Å². The fraction of sp³-hybridized carbons (Fsp3) is 0.316. The maximum absolute atomic E-state index is 13.6. The van der Waals surface area contributed by atoms with Crippen LogP contribution in [0.5, 0.6) is 23.0 Å². The number of hydrogen-bond donors (Lipinski definition) is 2. The predicted octanol–water partition coefficient (Wildman–Crippen LogP) is 2.54. The van der Waals surface area contributed by atoms with Crippen LogP contribution in [0.1, 0.15) is 0 Å². The molecule has 0 saturated heterocycles. The van der Waals surface area contributed by atoms with Gasteiger partial charge in [0.25, 0.3) is 5.91 Å².